The lowest BCUT2D eigenvalue weighted by Crippen LogP contribution is -2.18. The maximum absolute atomic E-state index is 10.9. The summed E-state index contributed by atoms with van der Waals surface area (Å²) >= 11 is 0. The fourth-order valence-corrected chi connectivity index (χ4v) is 1.47. The van der Waals surface area contributed by atoms with Gasteiger partial charge in [-0.3, -0.25) is 9.59 Å². The highest BCUT2D eigenvalue weighted by Crippen LogP contribution is 1.86. The number of rotatable bonds is 17. The van der Waals surface area contributed by atoms with E-state index in [2.05, 4.69) is 11.9 Å². The second-order valence-corrected chi connectivity index (χ2v) is 5.60. The van der Waals surface area contributed by atoms with E-state index < -0.39 is 0 Å². The van der Waals surface area contributed by atoms with Crippen LogP contribution < -0.4 is 5.32 Å². The van der Waals surface area contributed by atoms with E-state index >= 15 is 0 Å². The molecule has 0 spiro atoms. The Balaban J connectivity index is 0. The number of carbonyl (C=O) groups excluding carboxylic acids is 2. The fraction of sp³-hybridized carbons (Fsp3) is 0.619. The Morgan fingerprint density at radius 1 is 0.828 bits per heavy atom. The number of amides is 1. The maximum atomic E-state index is 10.9. The summed E-state index contributed by atoms with van der Waals surface area (Å²) in [6.07, 6.45) is 5.94. The van der Waals surface area contributed by atoms with Crippen LogP contribution in [0.4, 0.5) is 0 Å². The van der Waals surface area contributed by atoms with Gasteiger partial charge in [0.1, 0.15) is 0 Å². The molecule has 0 atom stereocenters. The van der Waals surface area contributed by atoms with Crippen LogP contribution in [-0.2, 0) is 33.3 Å². The lowest BCUT2D eigenvalue weighted by atomic mass is 10.3. The monoisotopic (exact) mass is 415 g/mol. The summed E-state index contributed by atoms with van der Waals surface area (Å²) in [5.74, 6) is -0.413. The molecule has 0 unspecified atom stereocenters. The van der Waals surface area contributed by atoms with Crippen LogP contribution in [0.2, 0.25) is 0 Å². The van der Waals surface area contributed by atoms with Crippen LogP contribution in [0.1, 0.15) is 20.8 Å². The average molecular weight is 416 g/mol. The zero-order chi connectivity index (χ0) is 22.2. The van der Waals surface area contributed by atoms with E-state index in [9.17, 15) is 9.59 Å². The van der Waals surface area contributed by atoms with Gasteiger partial charge in [0, 0.05) is 18.9 Å². The zero-order valence-corrected chi connectivity index (χ0v) is 18.2. The van der Waals surface area contributed by atoms with Crippen LogP contribution in [0.5, 0.6) is 0 Å². The molecule has 0 rings (SSSR count). The highest BCUT2D eigenvalue weighted by Gasteiger charge is 1.94. The minimum atomic E-state index is -0.277. The number of hydrogen-bond acceptors (Lipinski definition) is 7. The first-order valence-corrected chi connectivity index (χ1v) is 9.51. The highest BCUT2D eigenvalue weighted by molar-refractivity contribution is 5.97. The van der Waals surface area contributed by atoms with Crippen LogP contribution in [0.3, 0.4) is 0 Å². The summed E-state index contributed by atoms with van der Waals surface area (Å²) in [6, 6.07) is 0. The number of hydrogen-bond donors (Lipinski definition) is 1. The van der Waals surface area contributed by atoms with Gasteiger partial charge < -0.3 is 29.0 Å². The standard InChI is InChI=1S/C12H24O5.C9H13NO2/c1-3-4-14-7-8-16-11-12-17-10-9-15-6-5-13-2;1-4-7(2)10-9(12)6-5-8(3)11/h3H,1,4-12H2,2H3;4-6H,1-3H3,(H,10,12)/b;6-5-,7-4+. The van der Waals surface area contributed by atoms with Crippen molar-refractivity contribution in [2.24, 2.45) is 0 Å². The molecule has 0 radical (unpaired) electrons. The van der Waals surface area contributed by atoms with Crippen molar-refractivity contribution in [1.82, 2.24) is 5.32 Å². The largest absolute Gasteiger partial charge is 0.382 e. The van der Waals surface area contributed by atoms with Crippen molar-refractivity contribution in [3.63, 3.8) is 0 Å². The Hall–Kier alpha value is -1.84. The summed E-state index contributed by atoms with van der Waals surface area (Å²) in [5, 5.41) is 2.57. The molecule has 8 heteroatoms. The van der Waals surface area contributed by atoms with Gasteiger partial charge in [0.25, 0.3) is 0 Å². The van der Waals surface area contributed by atoms with E-state index in [1.54, 1.807) is 26.2 Å². The molecule has 0 aliphatic rings. The smallest absolute Gasteiger partial charge is 0.248 e. The molecular weight excluding hydrogens is 378 g/mol. The maximum Gasteiger partial charge on any atom is 0.248 e. The van der Waals surface area contributed by atoms with Crippen LogP contribution in [0, 0.1) is 0 Å². The lowest BCUT2D eigenvalue weighted by Gasteiger charge is -2.06. The third-order valence-electron chi connectivity index (χ3n) is 3.01. The van der Waals surface area contributed by atoms with Crippen molar-refractivity contribution >= 4 is 11.7 Å². The van der Waals surface area contributed by atoms with Crippen molar-refractivity contribution in [3.8, 4) is 0 Å². The van der Waals surface area contributed by atoms with Crippen LogP contribution in [-0.4, -0.2) is 78.3 Å². The van der Waals surface area contributed by atoms with Gasteiger partial charge in [0.05, 0.1) is 59.5 Å². The number of ether oxygens (including phenoxy) is 5. The molecule has 1 N–H and O–H groups in total. The molecule has 8 nitrogen and oxygen atoms in total. The zero-order valence-electron chi connectivity index (χ0n) is 18.2. The summed E-state index contributed by atoms with van der Waals surface area (Å²) < 4.78 is 25.8. The minimum absolute atomic E-state index is 0.136. The molecule has 0 aromatic rings. The number of nitrogens with one attached hydrogen (secondary N) is 1. The van der Waals surface area contributed by atoms with E-state index in [1.165, 1.54) is 19.1 Å². The number of allylic oxidation sites excluding steroid dienone is 3. The summed E-state index contributed by atoms with van der Waals surface area (Å²) in [7, 11) is 1.65. The first-order valence-electron chi connectivity index (χ1n) is 9.51. The van der Waals surface area contributed by atoms with Crippen molar-refractivity contribution in [2.45, 2.75) is 20.8 Å². The van der Waals surface area contributed by atoms with Gasteiger partial charge in [0.2, 0.25) is 5.91 Å². The molecule has 0 heterocycles. The average Bonchev–Trinajstić information content (AvgIpc) is 2.70. The Kier molecular flexibility index (Phi) is 24.5. The van der Waals surface area contributed by atoms with Crippen LogP contribution in [0.25, 0.3) is 0 Å². The summed E-state index contributed by atoms with van der Waals surface area (Å²) in [6.45, 7) is 13.8. The van der Waals surface area contributed by atoms with Gasteiger partial charge in [0.15, 0.2) is 5.78 Å². The first kappa shape index (κ1) is 29.4. The molecular formula is C21H37NO7. The van der Waals surface area contributed by atoms with Gasteiger partial charge in [-0.15, -0.1) is 6.58 Å². The van der Waals surface area contributed by atoms with E-state index in [0.29, 0.717) is 59.5 Å². The van der Waals surface area contributed by atoms with Crippen molar-refractivity contribution in [1.29, 1.82) is 0 Å². The Labute approximate surface area is 174 Å². The van der Waals surface area contributed by atoms with Gasteiger partial charge in [-0.25, -0.2) is 0 Å². The Bertz CT molecular complexity index is 476. The highest BCUT2D eigenvalue weighted by atomic mass is 16.6. The number of ketones is 1. The first-order chi connectivity index (χ1) is 14.0. The van der Waals surface area contributed by atoms with E-state index in [0.717, 1.165) is 5.70 Å². The molecule has 0 aliphatic carbocycles. The fourth-order valence-electron chi connectivity index (χ4n) is 1.47. The molecule has 29 heavy (non-hydrogen) atoms. The van der Waals surface area contributed by atoms with Gasteiger partial charge in [-0.2, -0.15) is 0 Å². The molecule has 1 amide bonds. The SMILES string of the molecule is C/C=C(\C)NC(=O)/C=C\C(C)=O.C=CCOCCOCCOCCOCCOC. The summed E-state index contributed by atoms with van der Waals surface area (Å²) in [4.78, 5) is 21.3. The molecule has 0 bridgehead atoms. The molecule has 0 aliphatic heterocycles. The third kappa shape index (κ3) is 28.5. The van der Waals surface area contributed by atoms with E-state index in [4.69, 9.17) is 23.7 Å². The number of carbonyl (C=O) groups is 2. The molecule has 0 saturated heterocycles. The van der Waals surface area contributed by atoms with Crippen molar-refractivity contribution < 1.29 is 33.3 Å². The van der Waals surface area contributed by atoms with Gasteiger partial charge in [-0.05, 0) is 26.8 Å². The predicted octanol–water partition coefficient (Wildman–Crippen LogP) is 2.06. The van der Waals surface area contributed by atoms with Crippen LogP contribution >= 0.6 is 0 Å². The normalized spacial score (nSPS) is 11.1. The topological polar surface area (TPSA) is 92.3 Å². The third-order valence-corrected chi connectivity index (χ3v) is 3.01. The summed E-state index contributed by atoms with van der Waals surface area (Å²) in [5.41, 5.74) is 0.771. The lowest BCUT2D eigenvalue weighted by molar-refractivity contribution is -0.117. The van der Waals surface area contributed by atoms with Gasteiger partial charge in [-0.1, -0.05) is 12.2 Å². The second kappa shape index (κ2) is 24.2. The van der Waals surface area contributed by atoms with E-state index in [1.807, 2.05) is 6.92 Å². The Morgan fingerprint density at radius 3 is 1.72 bits per heavy atom. The Morgan fingerprint density at radius 2 is 1.31 bits per heavy atom. The molecule has 0 saturated carbocycles. The molecule has 0 aromatic carbocycles. The quantitative estimate of drug-likeness (QED) is 0.221. The van der Waals surface area contributed by atoms with Gasteiger partial charge >= 0.3 is 0 Å². The minimum Gasteiger partial charge on any atom is -0.382 e. The second-order valence-electron chi connectivity index (χ2n) is 5.60. The molecule has 168 valence electrons. The molecule has 0 fully saturated rings. The van der Waals surface area contributed by atoms with E-state index in [-0.39, 0.29) is 11.7 Å². The molecule has 0 aromatic heterocycles. The van der Waals surface area contributed by atoms with Crippen molar-refractivity contribution in [3.05, 3.63) is 36.6 Å². The van der Waals surface area contributed by atoms with Crippen molar-refractivity contribution in [2.75, 3.05) is 66.6 Å². The number of methoxy groups -OCH3 is 1. The van der Waals surface area contributed by atoms with Crippen LogP contribution in [0.15, 0.2) is 36.6 Å². The predicted molar refractivity (Wildman–Crippen MR) is 113 cm³/mol.